The van der Waals surface area contributed by atoms with Crippen molar-refractivity contribution in [3.63, 3.8) is 0 Å². The van der Waals surface area contributed by atoms with E-state index in [4.69, 9.17) is 13.9 Å². The van der Waals surface area contributed by atoms with Crippen LogP contribution in [0, 0.1) is 0 Å². The topological polar surface area (TPSA) is 82.5 Å². The van der Waals surface area contributed by atoms with Gasteiger partial charge in [0, 0.05) is 18.9 Å². The van der Waals surface area contributed by atoms with Crippen LogP contribution in [0.3, 0.4) is 0 Å². The molecule has 3 heterocycles. The molecule has 4 atom stereocenters. The van der Waals surface area contributed by atoms with Crippen molar-refractivity contribution in [2.75, 3.05) is 6.61 Å². The van der Waals surface area contributed by atoms with Gasteiger partial charge in [0.1, 0.15) is 17.6 Å². The molecule has 1 unspecified atom stereocenters. The number of hydrogen-bond donors (Lipinski definition) is 1. The predicted molar refractivity (Wildman–Crippen MR) is 109 cm³/mol. The average molecular weight is 415 g/mol. The third-order valence-electron chi connectivity index (χ3n) is 5.67. The van der Waals surface area contributed by atoms with Gasteiger partial charge in [0.25, 0.3) is 5.56 Å². The zero-order chi connectivity index (χ0) is 20.2. The fraction of sp³-hybridized carbons (Fsp3) is 0.778. The van der Waals surface area contributed by atoms with Gasteiger partial charge in [0.05, 0.1) is 5.25 Å². The largest absolute Gasteiger partial charge is 0.416 e. The smallest absolute Gasteiger partial charge is 0.329 e. The molecule has 1 aromatic rings. The zero-order valence-electron chi connectivity index (χ0n) is 17.1. The highest BCUT2D eigenvalue weighted by atomic mass is 32.2. The normalized spacial score (nSPS) is 30.5. The summed E-state index contributed by atoms with van der Waals surface area (Å²) in [6.07, 6.45) is 1.09. The SMILES string of the molecule is CC1(C)O[C@@H]2[C@@H](CO[Si](C)(C)C(C)(C)C)SC(n3ccc(=O)[nH]c3=O)[C@@H]2O1. The van der Waals surface area contributed by atoms with E-state index in [-0.39, 0.29) is 27.9 Å². The summed E-state index contributed by atoms with van der Waals surface area (Å²) in [5.74, 6) is -0.713. The Morgan fingerprint density at radius 1 is 1.26 bits per heavy atom. The Hall–Kier alpha value is -0.873. The quantitative estimate of drug-likeness (QED) is 0.763. The maximum Gasteiger partial charge on any atom is 0.329 e. The molecule has 2 saturated heterocycles. The van der Waals surface area contributed by atoms with E-state index >= 15 is 0 Å². The van der Waals surface area contributed by atoms with E-state index in [0.717, 1.165) is 0 Å². The Labute approximate surface area is 164 Å². The summed E-state index contributed by atoms with van der Waals surface area (Å²) in [5.41, 5.74) is -0.837. The van der Waals surface area contributed by atoms with Gasteiger partial charge in [-0.2, -0.15) is 0 Å². The standard InChI is InChI=1S/C18H30N2O5SSi/c1-17(2,3)27(6,7)23-10-11-13-14(25-18(4,5)24-13)15(26-11)20-9-8-12(21)19-16(20)22/h8-9,11,13-15H,10H2,1-7H3,(H,19,21,22)/t11-,13-,14-,15?/m1/s1. The highest BCUT2D eigenvalue weighted by Crippen LogP contribution is 2.51. The van der Waals surface area contributed by atoms with Gasteiger partial charge in [-0.15, -0.1) is 11.8 Å². The number of nitrogens with one attached hydrogen (secondary N) is 1. The lowest BCUT2D eigenvalue weighted by molar-refractivity contribution is -0.149. The number of ether oxygens (including phenoxy) is 2. The number of H-pyrrole nitrogens is 1. The molecule has 0 spiro atoms. The van der Waals surface area contributed by atoms with Gasteiger partial charge in [0.2, 0.25) is 0 Å². The molecule has 0 aliphatic carbocycles. The van der Waals surface area contributed by atoms with Gasteiger partial charge < -0.3 is 13.9 Å². The second-order valence-corrected chi connectivity index (χ2v) is 15.4. The van der Waals surface area contributed by atoms with Crippen LogP contribution in [0.25, 0.3) is 0 Å². The molecule has 152 valence electrons. The molecule has 7 nitrogen and oxygen atoms in total. The lowest BCUT2D eigenvalue weighted by atomic mass is 10.1. The van der Waals surface area contributed by atoms with Crippen molar-refractivity contribution in [2.24, 2.45) is 0 Å². The minimum atomic E-state index is -1.90. The maximum absolute atomic E-state index is 12.3. The summed E-state index contributed by atoms with van der Waals surface area (Å²) in [4.78, 5) is 26.0. The van der Waals surface area contributed by atoms with E-state index in [1.54, 1.807) is 11.8 Å². The molecule has 0 bridgehead atoms. The molecule has 3 rings (SSSR count). The molecule has 2 fully saturated rings. The number of thioether (sulfide) groups is 1. The van der Waals surface area contributed by atoms with Crippen LogP contribution < -0.4 is 11.2 Å². The first-order valence-corrected chi connectivity index (χ1v) is 13.1. The van der Waals surface area contributed by atoms with Crippen LogP contribution in [-0.2, 0) is 13.9 Å². The second kappa shape index (κ2) is 6.87. The molecule has 2 aliphatic rings. The highest BCUT2D eigenvalue weighted by Gasteiger charge is 2.56. The summed E-state index contributed by atoms with van der Waals surface area (Å²) < 4.78 is 20.2. The van der Waals surface area contributed by atoms with E-state index < -0.39 is 25.4 Å². The number of hydrogen-bond acceptors (Lipinski definition) is 6. The van der Waals surface area contributed by atoms with E-state index in [2.05, 4.69) is 38.8 Å². The lowest BCUT2D eigenvalue weighted by Crippen LogP contribution is -2.43. The Morgan fingerprint density at radius 3 is 2.48 bits per heavy atom. The first-order valence-electron chi connectivity index (χ1n) is 9.27. The Kier molecular flexibility index (Phi) is 5.31. The predicted octanol–water partition coefficient (Wildman–Crippen LogP) is 2.69. The molecule has 1 N–H and O–H groups in total. The van der Waals surface area contributed by atoms with Crippen molar-refractivity contribution in [1.29, 1.82) is 0 Å². The molecule has 9 heteroatoms. The van der Waals surface area contributed by atoms with E-state index in [9.17, 15) is 9.59 Å². The van der Waals surface area contributed by atoms with Gasteiger partial charge in [0.15, 0.2) is 14.1 Å². The van der Waals surface area contributed by atoms with Crippen LogP contribution in [-0.4, -0.2) is 47.7 Å². The summed E-state index contributed by atoms with van der Waals surface area (Å²) in [6.45, 7) is 15.4. The lowest BCUT2D eigenvalue weighted by Gasteiger charge is -2.37. The Morgan fingerprint density at radius 2 is 1.89 bits per heavy atom. The summed E-state index contributed by atoms with van der Waals surface area (Å²) >= 11 is 1.62. The third kappa shape index (κ3) is 4.12. The van der Waals surface area contributed by atoms with Crippen molar-refractivity contribution in [1.82, 2.24) is 9.55 Å². The molecule has 0 amide bonds. The monoisotopic (exact) mass is 414 g/mol. The molecular weight excluding hydrogens is 384 g/mol. The van der Waals surface area contributed by atoms with E-state index in [1.165, 1.54) is 16.8 Å². The highest BCUT2D eigenvalue weighted by molar-refractivity contribution is 8.00. The van der Waals surface area contributed by atoms with Gasteiger partial charge in [-0.1, -0.05) is 20.8 Å². The Bertz CT molecular complexity index is 813. The minimum absolute atomic E-state index is 0.0507. The van der Waals surface area contributed by atoms with Crippen LogP contribution >= 0.6 is 11.8 Å². The maximum atomic E-state index is 12.3. The summed E-state index contributed by atoms with van der Waals surface area (Å²) in [7, 11) is -1.90. The fourth-order valence-electron chi connectivity index (χ4n) is 3.15. The van der Waals surface area contributed by atoms with Gasteiger partial charge in [-0.25, -0.2) is 4.79 Å². The number of nitrogens with zero attached hydrogens (tertiary/aromatic N) is 1. The average Bonchev–Trinajstić information content (AvgIpc) is 2.98. The van der Waals surface area contributed by atoms with Crippen molar-refractivity contribution in [3.8, 4) is 0 Å². The zero-order valence-corrected chi connectivity index (χ0v) is 18.9. The first-order chi connectivity index (χ1) is 12.3. The molecular formula is C18H30N2O5SSi. The number of aromatic nitrogens is 2. The molecule has 2 aliphatic heterocycles. The summed E-state index contributed by atoms with van der Waals surface area (Å²) in [6, 6.07) is 1.36. The van der Waals surface area contributed by atoms with Crippen molar-refractivity contribution < 1.29 is 13.9 Å². The second-order valence-electron chi connectivity index (χ2n) is 9.22. The van der Waals surface area contributed by atoms with Gasteiger partial charge >= 0.3 is 5.69 Å². The molecule has 0 saturated carbocycles. The molecule has 27 heavy (non-hydrogen) atoms. The van der Waals surface area contributed by atoms with Crippen LogP contribution in [0.2, 0.25) is 18.1 Å². The number of aromatic amines is 1. The summed E-state index contributed by atoms with van der Waals surface area (Å²) in [5, 5.41) is -0.0964. The van der Waals surface area contributed by atoms with Gasteiger partial charge in [-0.05, 0) is 32.0 Å². The number of fused-ring (bicyclic) bond motifs is 1. The molecule has 1 aromatic heterocycles. The molecule has 0 radical (unpaired) electrons. The number of rotatable bonds is 4. The van der Waals surface area contributed by atoms with E-state index in [1.807, 2.05) is 13.8 Å². The van der Waals surface area contributed by atoms with Crippen LogP contribution in [0.4, 0.5) is 0 Å². The van der Waals surface area contributed by atoms with Crippen LogP contribution in [0.1, 0.15) is 40.0 Å². The molecule has 0 aromatic carbocycles. The van der Waals surface area contributed by atoms with Crippen LogP contribution in [0.5, 0.6) is 0 Å². The van der Waals surface area contributed by atoms with E-state index in [0.29, 0.717) is 6.61 Å². The van der Waals surface area contributed by atoms with Crippen molar-refractivity contribution >= 4 is 20.1 Å². The van der Waals surface area contributed by atoms with Crippen molar-refractivity contribution in [2.45, 2.75) is 81.4 Å². The van der Waals surface area contributed by atoms with Crippen molar-refractivity contribution in [3.05, 3.63) is 33.1 Å². The first kappa shape index (κ1) is 20.9. The van der Waals surface area contributed by atoms with Gasteiger partial charge in [-0.3, -0.25) is 14.3 Å². The third-order valence-corrected chi connectivity index (χ3v) is 11.7. The van der Waals surface area contributed by atoms with Crippen LogP contribution in [0.15, 0.2) is 21.9 Å². The Balaban J connectivity index is 1.84. The fourth-order valence-corrected chi connectivity index (χ4v) is 5.83. The minimum Gasteiger partial charge on any atom is -0.416 e.